The third kappa shape index (κ3) is 3.93. The maximum atomic E-state index is 5.97. The first-order valence-corrected chi connectivity index (χ1v) is 6.31. The molecule has 0 amide bonds. The van der Waals surface area contributed by atoms with Gasteiger partial charge in [-0.25, -0.2) is 0 Å². The van der Waals surface area contributed by atoms with E-state index in [9.17, 15) is 0 Å². The van der Waals surface area contributed by atoms with Gasteiger partial charge in [0.05, 0.1) is 0 Å². The number of nitrogens with two attached hydrogens (primary N) is 1. The van der Waals surface area contributed by atoms with Crippen LogP contribution in [0.25, 0.3) is 0 Å². The Bertz CT molecular complexity index is 347. The van der Waals surface area contributed by atoms with E-state index >= 15 is 0 Å². The summed E-state index contributed by atoms with van der Waals surface area (Å²) in [6.45, 7) is 7.50. The molecule has 0 aromatic heterocycles. The summed E-state index contributed by atoms with van der Waals surface area (Å²) in [5.74, 6) is 0. The molecule has 0 aliphatic carbocycles. The Kier molecular flexibility index (Phi) is 5.29. The van der Waals surface area contributed by atoms with E-state index in [0.29, 0.717) is 0 Å². The van der Waals surface area contributed by atoms with Crippen LogP contribution >= 0.6 is 0 Å². The first kappa shape index (κ1) is 13.8. The Morgan fingerprint density at radius 2 is 1.82 bits per heavy atom. The van der Waals surface area contributed by atoms with Crippen molar-refractivity contribution in [3.8, 4) is 0 Å². The van der Waals surface area contributed by atoms with Gasteiger partial charge < -0.3 is 15.5 Å². The summed E-state index contributed by atoms with van der Waals surface area (Å²) >= 11 is 0. The highest BCUT2D eigenvalue weighted by Crippen LogP contribution is 2.24. The summed E-state index contributed by atoms with van der Waals surface area (Å²) in [7, 11) is 4.21. The van der Waals surface area contributed by atoms with Gasteiger partial charge in [0.1, 0.15) is 0 Å². The average Bonchev–Trinajstić information content (AvgIpc) is 2.28. The van der Waals surface area contributed by atoms with Gasteiger partial charge >= 0.3 is 0 Å². The SMILES string of the molecule is CCCN(CCN(C)C)c1cccc(N)c1C. The molecule has 0 atom stereocenters. The van der Waals surface area contributed by atoms with E-state index in [4.69, 9.17) is 5.73 Å². The Labute approximate surface area is 105 Å². The zero-order valence-electron chi connectivity index (χ0n) is 11.5. The molecule has 1 aromatic carbocycles. The van der Waals surface area contributed by atoms with Crippen molar-refractivity contribution in [3.05, 3.63) is 23.8 Å². The normalized spacial score (nSPS) is 10.9. The maximum absolute atomic E-state index is 5.97. The molecule has 0 aliphatic rings. The molecule has 3 nitrogen and oxygen atoms in total. The molecule has 0 fully saturated rings. The molecule has 1 rings (SSSR count). The molecular formula is C14H25N3. The standard InChI is InChI=1S/C14H25N3/c1-5-9-17(11-10-16(3)4)14-8-6-7-13(15)12(14)2/h6-8H,5,9-11,15H2,1-4H3. The van der Waals surface area contributed by atoms with Crippen molar-refractivity contribution in [1.82, 2.24) is 4.90 Å². The molecule has 3 heteroatoms. The molecule has 17 heavy (non-hydrogen) atoms. The van der Waals surface area contributed by atoms with Crippen LogP contribution in [0, 0.1) is 6.92 Å². The predicted molar refractivity (Wildman–Crippen MR) is 76.6 cm³/mol. The van der Waals surface area contributed by atoms with Crippen LogP contribution in [0.4, 0.5) is 11.4 Å². The fraction of sp³-hybridized carbons (Fsp3) is 0.571. The van der Waals surface area contributed by atoms with Crippen LogP contribution in [0.1, 0.15) is 18.9 Å². The first-order valence-electron chi connectivity index (χ1n) is 6.31. The fourth-order valence-electron chi connectivity index (χ4n) is 1.93. The van der Waals surface area contributed by atoms with Gasteiger partial charge in [-0.15, -0.1) is 0 Å². The predicted octanol–water partition coefficient (Wildman–Crippen LogP) is 2.36. The maximum Gasteiger partial charge on any atom is 0.0417 e. The summed E-state index contributed by atoms with van der Waals surface area (Å²) in [5.41, 5.74) is 9.32. The van der Waals surface area contributed by atoms with Crippen molar-refractivity contribution in [1.29, 1.82) is 0 Å². The molecule has 0 aliphatic heterocycles. The third-order valence-electron chi connectivity index (χ3n) is 3.00. The lowest BCUT2D eigenvalue weighted by Crippen LogP contribution is -2.32. The lowest BCUT2D eigenvalue weighted by Gasteiger charge is -2.28. The van der Waals surface area contributed by atoms with Crippen LogP contribution in [0.15, 0.2) is 18.2 Å². The van der Waals surface area contributed by atoms with E-state index in [1.165, 1.54) is 11.3 Å². The minimum absolute atomic E-state index is 0.883. The van der Waals surface area contributed by atoms with Crippen molar-refractivity contribution in [2.75, 3.05) is 44.4 Å². The summed E-state index contributed by atoms with van der Waals surface area (Å²) in [4.78, 5) is 4.63. The fourth-order valence-corrected chi connectivity index (χ4v) is 1.93. The van der Waals surface area contributed by atoms with Crippen LogP contribution in [0.5, 0.6) is 0 Å². The highest BCUT2D eigenvalue weighted by Gasteiger charge is 2.09. The van der Waals surface area contributed by atoms with Gasteiger partial charge in [-0.05, 0) is 45.1 Å². The van der Waals surface area contributed by atoms with E-state index in [2.05, 4.69) is 43.8 Å². The minimum Gasteiger partial charge on any atom is -0.398 e. The molecule has 0 unspecified atom stereocenters. The molecule has 2 N–H and O–H groups in total. The molecule has 0 radical (unpaired) electrons. The minimum atomic E-state index is 0.883. The quantitative estimate of drug-likeness (QED) is 0.768. The van der Waals surface area contributed by atoms with Crippen LogP contribution < -0.4 is 10.6 Å². The Morgan fingerprint density at radius 3 is 2.41 bits per heavy atom. The van der Waals surface area contributed by atoms with Crippen LogP contribution in [0.2, 0.25) is 0 Å². The van der Waals surface area contributed by atoms with E-state index in [1.54, 1.807) is 0 Å². The molecule has 96 valence electrons. The van der Waals surface area contributed by atoms with Gasteiger partial charge in [-0.1, -0.05) is 13.0 Å². The van der Waals surface area contributed by atoms with E-state index in [1.807, 2.05) is 12.1 Å². The van der Waals surface area contributed by atoms with Crippen molar-refractivity contribution in [3.63, 3.8) is 0 Å². The zero-order valence-corrected chi connectivity index (χ0v) is 11.5. The average molecular weight is 235 g/mol. The molecule has 0 bridgehead atoms. The Hall–Kier alpha value is -1.22. The highest BCUT2D eigenvalue weighted by atomic mass is 15.2. The van der Waals surface area contributed by atoms with Crippen molar-refractivity contribution < 1.29 is 0 Å². The highest BCUT2D eigenvalue weighted by molar-refractivity contribution is 5.64. The first-order chi connectivity index (χ1) is 8.06. The number of hydrogen-bond donors (Lipinski definition) is 1. The molecule has 0 saturated carbocycles. The smallest absolute Gasteiger partial charge is 0.0417 e. The second-order valence-corrected chi connectivity index (χ2v) is 4.78. The van der Waals surface area contributed by atoms with E-state index < -0.39 is 0 Å². The number of rotatable bonds is 6. The second kappa shape index (κ2) is 6.50. The van der Waals surface area contributed by atoms with Gasteiger partial charge in [0, 0.05) is 31.0 Å². The molecule has 1 aromatic rings. The topological polar surface area (TPSA) is 32.5 Å². The van der Waals surface area contributed by atoms with E-state index in [0.717, 1.165) is 31.7 Å². The van der Waals surface area contributed by atoms with Gasteiger partial charge in [0.2, 0.25) is 0 Å². The Morgan fingerprint density at radius 1 is 1.12 bits per heavy atom. The van der Waals surface area contributed by atoms with E-state index in [-0.39, 0.29) is 0 Å². The van der Waals surface area contributed by atoms with Crippen LogP contribution in [0.3, 0.4) is 0 Å². The van der Waals surface area contributed by atoms with Crippen LogP contribution in [-0.2, 0) is 0 Å². The summed E-state index contributed by atoms with van der Waals surface area (Å²) in [5, 5.41) is 0. The molecule has 0 saturated heterocycles. The lowest BCUT2D eigenvalue weighted by molar-refractivity contribution is 0.413. The summed E-state index contributed by atoms with van der Waals surface area (Å²) < 4.78 is 0. The van der Waals surface area contributed by atoms with Crippen molar-refractivity contribution >= 4 is 11.4 Å². The van der Waals surface area contributed by atoms with Crippen molar-refractivity contribution in [2.45, 2.75) is 20.3 Å². The summed E-state index contributed by atoms with van der Waals surface area (Å²) in [6, 6.07) is 6.17. The number of hydrogen-bond acceptors (Lipinski definition) is 3. The van der Waals surface area contributed by atoms with Gasteiger partial charge in [0.25, 0.3) is 0 Å². The second-order valence-electron chi connectivity index (χ2n) is 4.78. The number of benzene rings is 1. The largest absolute Gasteiger partial charge is 0.398 e. The molecule has 0 heterocycles. The number of nitrogens with zero attached hydrogens (tertiary/aromatic N) is 2. The molecular weight excluding hydrogens is 210 g/mol. The number of likely N-dealkylation sites (N-methyl/N-ethyl adjacent to an activating group) is 1. The van der Waals surface area contributed by atoms with Crippen molar-refractivity contribution in [2.24, 2.45) is 0 Å². The lowest BCUT2D eigenvalue weighted by atomic mass is 10.1. The zero-order chi connectivity index (χ0) is 12.8. The third-order valence-corrected chi connectivity index (χ3v) is 3.00. The monoisotopic (exact) mass is 235 g/mol. The van der Waals surface area contributed by atoms with Gasteiger partial charge in [-0.2, -0.15) is 0 Å². The van der Waals surface area contributed by atoms with Crippen LogP contribution in [-0.4, -0.2) is 38.6 Å². The summed E-state index contributed by atoms with van der Waals surface area (Å²) in [6.07, 6.45) is 1.15. The molecule has 0 spiro atoms. The Balaban J connectivity index is 2.85. The van der Waals surface area contributed by atoms with Gasteiger partial charge in [0.15, 0.2) is 0 Å². The van der Waals surface area contributed by atoms with Gasteiger partial charge in [-0.3, -0.25) is 0 Å². The number of nitrogen functional groups attached to an aromatic ring is 1. The number of anilines is 2.